The Kier molecular flexibility index (Phi) is 3.46. The summed E-state index contributed by atoms with van der Waals surface area (Å²) in [6, 6.07) is 2.74. The van der Waals surface area contributed by atoms with Crippen molar-refractivity contribution < 1.29 is 9.18 Å². The zero-order chi connectivity index (χ0) is 11.4. The number of aromatic nitrogens is 1. The predicted molar refractivity (Wildman–Crippen MR) is 58.4 cm³/mol. The Morgan fingerprint density at radius 3 is 3.06 bits per heavy atom. The molecule has 0 aliphatic carbocycles. The topological polar surface area (TPSA) is 54.0 Å². The molecule has 1 aromatic heterocycles. The lowest BCUT2D eigenvalue weighted by Crippen LogP contribution is -2.37. The summed E-state index contributed by atoms with van der Waals surface area (Å²) < 4.78 is 12.6. The first-order valence-electron chi connectivity index (χ1n) is 5.39. The van der Waals surface area contributed by atoms with Crippen molar-refractivity contribution in [2.75, 3.05) is 18.4 Å². The van der Waals surface area contributed by atoms with Crippen molar-refractivity contribution in [1.82, 2.24) is 10.3 Å². The van der Waals surface area contributed by atoms with Crippen LogP contribution < -0.4 is 10.6 Å². The molecule has 0 radical (unpaired) electrons. The van der Waals surface area contributed by atoms with Gasteiger partial charge >= 0.3 is 0 Å². The van der Waals surface area contributed by atoms with E-state index in [0.29, 0.717) is 12.4 Å². The van der Waals surface area contributed by atoms with Crippen LogP contribution in [0.4, 0.5) is 10.2 Å². The summed E-state index contributed by atoms with van der Waals surface area (Å²) in [5, 5.41) is 5.85. The molecule has 0 aromatic carbocycles. The maximum atomic E-state index is 12.6. The van der Waals surface area contributed by atoms with Crippen molar-refractivity contribution in [2.45, 2.75) is 12.8 Å². The molecule has 1 aliphatic heterocycles. The minimum Gasteiger partial charge on any atom is -0.316 e. The Bertz CT molecular complexity index is 360. The average molecular weight is 223 g/mol. The summed E-state index contributed by atoms with van der Waals surface area (Å²) in [5.74, 6) is -0.0683. The Morgan fingerprint density at radius 1 is 1.56 bits per heavy atom. The molecule has 86 valence electrons. The number of amides is 1. The maximum absolute atomic E-state index is 12.6. The molecule has 0 saturated carbocycles. The van der Waals surface area contributed by atoms with Gasteiger partial charge in [0, 0.05) is 6.54 Å². The number of pyridine rings is 1. The molecule has 1 saturated heterocycles. The number of nitrogens with one attached hydrogen (secondary N) is 2. The lowest BCUT2D eigenvalue weighted by Gasteiger charge is -2.21. The fraction of sp³-hybridized carbons (Fsp3) is 0.455. The number of anilines is 1. The van der Waals surface area contributed by atoms with E-state index in [2.05, 4.69) is 15.6 Å². The third kappa shape index (κ3) is 2.76. The first-order chi connectivity index (χ1) is 7.75. The fourth-order valence-corrected chi connectivity index (χ4v) is 1.75. The van der Waals surface area contributed by atoms with Crippen LogP contribution in [-0.2, 0) is 4.79 Å². The third-order valence-electron chi connectivity index (χ3n) is 2.65. The van der Waals surface area contributed by atoms with Gasteiger partial charge in [-0.05, 0) is 31.5 Å². The van der Waals surface area contributed by atoms with E-state index in [9.17, 15) is 9.18 Å². The van der Waals surface area contributed by atoms with E-state index < -0.39 is 5.82 Å². The molecule has 2 heterocycles. The van der Waals surface area contributed by atoms with Gasteiger partial charge in [0.25, 0.3) is 0 Å². The lowest BCUT2D eigenvalue weighted by atomic mass is 9.99. The summed E-state index contributed by atoms with van der Waals surface area (Å²) in [6.45, 7) is 1.67. The minimum atomic E-state index is -0.405. The fourth-order valence-electron chi connectivity index (χ4n) is 1.75. The highest BCUT2D eigenvalue weighted by Gasteiger charge is 2.20. The van der Waals surface area contributed by atoms with Gasteiger partial charge in [-0.15, -0.1) is 0 Å². The summed E-state index contributed by atoms with van der Waals surface area (Å²) in [5.41, 5.74) is 0. The molecule has 0 unspecified atom stereocenters. The quantitative estimate of drug-likeness (QED) is 0.791. The molecule has 1 aliphatic rings. The number of hydrogen-bond acceptors (Lipinski definition) is 3. The number of hydrogen-bond donors (Lipinski definition) is 2. The summed E-state index contributed by atoms with van der Waals surface area (Å²) in [7, 11) is 0. The highest BCUT2D eigenvalue weighted by atomic mass is 19.1. The molecular weight excluding hydrogens is 209 g/mol. The summed E-state index contributed by atoms with van der Waals surface area (Å²) in [6.07, 6.45) is 2.99. The van der Waals surface area contributed by atoms with E-state index in [1.54, 1.807) is 0 Å². The molecule has 1 atom stereocenters. The molecule has 5 heteroatoms. The monoisotopic (exact) mass is 223 g/mol. The van der Waals surface area contributed by atoms with E-state index in [1.807, 2.05) is 0 Å². The SMILES string of the molecule is O=C(Nc1ccc(F)cn1)[C@H]1CCCNC1. The Hall–Kier alpha value is -1.49. The largest absolute Gasteiger partial charge is 0.316 e. The molecule has 2 N–H and O–H groups in total. The Morgan fingerprint density at radius 2 is 2.44 bits per heavy atom. The zero-order valence-corrected chi connectivity index (χ0v) is 8.87. The van der Waals surface area contributed by atoms with E-state index in [4.69, 9.17) is 0 Å². The van der Waals surface area contributed by atoms with Crippen LogP contribution in [-0.4, -0.2) is 24.0 Å². The van der Waals surface area contributed by atoms with Crippen LogP contribution in [0, 0.1) is 11.7 Å². The second-order valence-corrected chi connectivity index (χ2v) is 3.89. The van der Waals surface area contributed by atoms with E-state index >= 15 is 0 Å². The molecular formula is C11H14FN3O. The van der Waals surface area contributed by atoms with Crippen LogP contribution in [0.2, 0.25) is 0 Å². The normalized spacial score (nSPS) is 20.4. The van der Waals surface area contributed by atoms with Gasteiger partial charge in [0.05, 0.1) is 12.1 Å². The van der Waals surface area contributed by atoms with Crippen LogP contribution in [0.3, 0.4) is 0 Å². The highest BCUT2D eigenvalue weighted by molar-refractivity contribution is 5.91. The summed E-state index contributed by atoms with van der Waals surface area (Å²) in [4.78, 5) is 15.6. The molecule has 16 heavy (non-hydrogen) atoms. The highest BCUT2D eigenvalue weighted by Crippen LogP contribution is 2.12. The number of carbonyl (C=O) groups is 1. The number of rotatable bonds is 2. The van der Waals surface area contributed by atoms with Crippen LogP contribution >= 0.6 is 0 Å². The minimum absolute atomic E-state index is 0.0133. The van der Waals surface area contributed by atoms with Crippen LogP contribution in [0.1, 0.15) is 12.8 Å². The van der Waals surface area contributed by atoms with Crippen LogP contribution in [0.15, 0.2) is 18.3 Å². The van der Waals surface area contributed by atoms with E-state index in [0.717, 1.165) is 25.6 Å². The van der Waals surface area contributed by atoms with Gasteiger partial charge < -0.3 is 10.6 Å². The van der Waals surface area contributed by atoms with Crippen molar-refractivity contribution in [3.63, 3.8) is 0 Å². The number of halogens is 1. The van der Waals surface area contributed by atoms with Gasteiger partial charge in [-0.3, -0.25) is 4.79 Å². The van der Waals surface area contributed by atoms with Crippen molar-refractivity contribution >= 4 is 11.7 Å². The molecule has 1 amide bonds. The van der Waals surface area contributed by atoms with E-state index in [-0.39, 0.29) is 11.8 Å². The average Bonchev–Trinajstić information content (AvgIpc) is 2.33. The second kappa shape index (κ2) is 5.03. The molecule has 1 fully saturated rings. The van der Waals surface area contributed by atoms with Crippen molar-refractivity contribution in [1.29, 1.82) is 0 Å². The van der Waals surface area contributed by atoms with Crippen LogP contribution in [0.5, 0.6) is 0 Å². The number of piperidine rings is 1. The van der Waals surface area contributed by atoms with Crippen LogP contribution in [0.25, 0.3) is 0 Å². The summed E-state index contributed by atoms with van der Waals surface area (Å²) >= 11 is 0. The first kappa shape index (κ1) is 11.0. The lowest BCUT2D eigenvalue weighted by molar-refractivity contribution is -0.120. The van der Waals surface area contributed by atoms with Gasteiger partial charge in [-0.1, -0.05) is 0 Å². The van der Waals surface area contributed by atoms with Gasteiger partial charge in [0.15, 0.2) is 0 Å². The second-order valence-electron chi connectivity index (χ2n) is 3.89. The zero-order valence-electron chi connectivity index (χ0n) is 8.87. The predicted octanol–water partition coefficient (Wildman–Crippen LogP) is 1.16. The van der Waals surface area contributed by atoms with Gasteiger partial charge in [-0.2, -0.15) is 0 Å². The van der Waals surface area contributed by atoms with Crippen molar-refractivity contribution in [3.05, 3.63) is 24.1 Å². The third-order valence-corrected chi connectivity index (χ3v) is 2.65. The van der Waals surface area contributed by atoms with Gasteiger partial charge in [0.1, 0.15) is 11.6 Å². The maximum Gasteiger partial charge on any atom is 0.229 e. The molecule has 1 aromatic rings. The smallest absolute Gasteiger partial charge is 0.229 e. The molecule has 4 nitrogen and oxygen atoms in total. The van der Waals surface area contributed by atoms with Crippen molar-refractivity contribution in [3.8, 4) is 0 Å². The molecule has 0 bridgehead atoms. The standard InChI is InChI=1S/C11H14FN3O/c12-9-3-4-10(14-7-9)15-11(16)8-2-1-5-13-6-8/h3-4,7-8,13H,1-2,5-6H2,(H,14,15,16)/t8-/m0/s1. The Balaban J connectivity index is 1.93. The van der Waals surface area contributed by atoms with Gasteiger partial charge in [0.2, 0.25) is 5.91 Å². The number of nitrogens with zero attached hydrogens (tertiary/aromatic N) is 1. The Labute approximate surface area is 93.3 Å². The van der Waals surface area contributed by atoms with Gasteiger partial charge in [-0.25, -0.2) is 9.37 Å². The molecule has 0 spiro atoms. The molecule has 2 rings (SSSR count). The number of carbonyl (C=O) groups excluding carboxylic acids is 1. The first-order valence-corrected chi connectivity index (χ1v) is 5.39. The van der Waals surface area contributed by atoms with E-state index in [1.165, 1.54) is 12.1 Å². The van der Waals surface area contributed by atoms with Crippen molar-refractivity contribution in [2.24, 2.45) is 5.92 Å².